The van der Waals surface area contributed by atoms with Crippen LogP contribution in [0.1, 0.15) is 18.1 Å². The molecule has 2 N–H and O–H groups in total. The van der Waals surface area contributed by atoms with Crippen LogP contribution < -0.4 is 15.2 Å². The Hall–Kier alpha value is -3.38. The van der Waals surface area contributed by atoms with E-state index in [4.69, 9.17) is 15.2 Å². The van der Waals surface area contributed by atoms with Gasteiger partial charge in [-0.2, -0.15) is 0 Å². The first-order valence-electron chi connectivity index (χ1n) is 9.55. The number of hydrogen-bond donors (Lipinski definition) is 1. The third-order valence-electron chi connectivity index (χ3n) is 4.35. The van der Waals surface area contributed by atoms with Gasteiger partial charge in [0.15, 0.2) is 11.5 Å². The molecule has 1 aliphatic heterocycles. The maximum absolute atomic E-state index is 12.4. The lowest BCUT2D eigenvalue weighted by Gasteiger charge is -2.15. The summed E-state index contributed by atoms with van der Waals surface area (Å²) in [6.45, 7) is 1.81. The van der Waals surface area contributed by atoms with E-state index >= 15 is 0 Å². The fraction of sp³-hybridized carbons (Fsp3) is 0.190. The molecule has 1 saturated heterocycles. The van der Waals surface area contributed by atoms with Crippen molar-refractivity contribution in [3.8, 4) is 11.5 Å². The van der Waals surface area contributed by atoms with E-state index < -0.39 is 28.5 Å². The van der Waals surface area contributed by atoms with E-state index in [-0.39, 0.29) is 17.2 Å². The van der Waals surface area contributed by atoms with Crippen LogP contribution >= 0.6 is 27.7 Å². The van der Waals surface area contributed by atoms with E-state index in [1.54, 1.807) is 31.2 Å². The number of ether oxygens (including phenoxy) is 2. The van der Waals surface area contributed by atoms with Gasteiger partial charge in [-0.1, -0.05) is 0 Å². The highest BCUT2D eigenvalue weighted by molar-refractivity contribution is 9.10. The molecule has 10 nitrogen and oxygen atoms in total. The van der Waals surface area contributed by atoms with Crippen LogP contribution in [0.5, 0.6) is 11.5 Å². The van der Waals surface area contributed by atoms with Crippen molar-refractivity contribution in [3.63, 3.8) is 0 Å². The Balaban J connectivity index is 1.83. The molecule has 3 amide bonds. The highest BCUT2D eigenvalue weighted by atomic mass is 79.9. The number of carbonyl (C=O) groups excluding carboxylic acids is 3. The summed E-state index contributed by atoms with van der Waals surface area (Å²) in [5.41, 5.74) is 6.37. The van der Waals surface area contributed by atoms with Crippen molar-refractivity contribution in [2.24, 2.45) is 5.73 Å². The number of primary amides is 1. The Morgan fingerprint density at radius 3 is 2.55 bits per heavy atom. The van der Waals surface area contributed by atoms with E-state index in [2.05, 4.69) is 15.9 Å². The molecule has 0 saturated carbocycles. The predicted octanol–water partition coefficient (Wildman–Crippen LogP) is 3.86. The average molecular weight is 536 g/mol. The van der Waals surface area contributed by atoms with Crippen LogP contribution in [-0.2, 0) is 16.2 Å². The summed E-state index contributed by atoms with van der Waals surface area (Å²) in [5, 5.41) is 10.2. The van der Waals surface area contributed by atoms with Gasteiger partial charge in [-0.25, -0.2) is 0 Å². The summed E-state index contributed by atoms with van der Waals surface area (Å²) in [5.74, 6) is -0.573. The Morgan fingerprint density at radius 1 is 1.24 bits per heavy atom. The first kappa shape index (κ1) is 24.3. The smallest absolute Gasteiger partial charge is 0.294 e. The summed E-state index contributed by atoms with van der Waals surface area (Å²) >= 11 is 4.15. The number of rotatable bonds is 9. The topological polar surface area (TPSA) is 142 Å². The van der Waals surface area contributed by atoms with E-state index in [9.17, 15) is 24.5 Å². The zero-order chi connectivity index (χ0) is 24.1. The number of thioether (sulfide) groups is 1. The minimum absolute atomic E-state index is 0.0143. The lowest BCUT2D eigenvalue weighted by atomic mass is 10.1. The van der Waals surface area contributed by atoms with Crippen molar-refractivity contribution in [2.75, 3.05) is 13.2 Å². The molecule has 33 heavy (non-hydrogen) atoms. The molecule has 0 atom stereocenters. The van der Waals surface area contributed by atoms with Gasteiger partial charge in [-0.3, -0.25) is 29.4 Å². The number of nitro groups is 1. The van der Waals surface area contributed by atoms with Crippen molar-refractivity contribution >= 4 is 56.5 Å². The quantitative estimate of drug-likeness (QED) is 0.289. The number of halogens is 1. The second-order valence-corrected chi connectivity index (χ2v) is 8.56. The molecule has 1 aliphatic rings. The van der Waals surface area contributed by atoms with Crippen LogP contribution in [0.3, 0.4) is 0 Å². The third kappa shape index (κ3) is 5.90. The Morgan fingerprint density at radius 2 is 1.94 bits per heavy atom. The Bertz CT molecular complexity index is 1150. The van der Waals surface area contributed by atoms with E-state index in [0.29, 0.717) is 39.9 Å². The molecule has 1 fully saturated rings. The SMILES string of the molecule is CCOc1cc(/C=C2\SC(=O)N(CC(N)=O)C2=O)cc(Br)c1OCc1ccc([N+](=O)[O-])cc1. The van der Waals surface area contributed by atoms with Gasteiger partial charge in [0.1, 0.15) is 13.2 Å². The van der Waals surface area contributed by atoms with Crippen LogP contribution in [0.4, 0.5) is 10.5 Å². The highest BCUT2D eigenvalue weighted by Crippen LogP contribution is 2.39. The predicted molar refractivity (Wildman–Crippen MR) is 125 cm³/mol. The van der Waals surface area contributed by atoms with Crippen LogP contribution in [0.2, 0.25) is 0 Å². The van der Waals surface area contributed by atoms with E-state index in [1.165, 1.54) is 18.2 Å². The molecule has 3 rings (SSSR count). The van der Waals surface area contributed by atoms with E-state index in [0.717, 1.165) is 10.5 Å². The lowest BCUT2D eigenvalue weighted by Crippen LogP contribution is -2.36. The number of nitro benzene ring substituents is 1. The third-order valence-corrected chi connectivity index (χ3v) is 5.84. The monoisotopic (exact) mass is 535 g/mol. The second kappa shape index (κ2) is 10.5. The molecule has 0 bridgehead atoms. The standard InChI is InChI=1S/C21H18BrN3O7S/c1-2-31-16-8-13(9-17-20(27)24(10-18(23)26)21(28)33-17)7-15(22)19(16)32-11-12-3-5-14(6-4-12)25(29)30/h3-9H,2,10-11H2,1H3,(H2,23,26)/b17-9-. The number of imide groups is 1. The molecular weight excluding hydrogens is 518 g/mol. The Labute approximate surface area is 201 Å². The van der Waals surface area contributed by atoms with Crippen LogP contribution in [0.25, 0.3) is 6.08 Å². The number of hydrogen-bond acceptors (Lipinski definition) is 8. The van der Waals surface area contributed by atoms with Gasteiger partial charge in [0.2, 0.25) is 5.91 Å². The largest absolute Gasteiger partial charge is 0.490 e. The fourth-order valence-corrected chi connectivity index (χ4v) is 4.30. The molecule has 12 heteroatoms. The number of nitrogens with zero attached hydrogens (tertiary/aromatic N) is 2. The molecule has 1 heterocycles. The number of nitrogens with two attached hydrogens (primary N) is 1. The number of carbonyl (C=O) groups is 3. The van der Waals surface area contributed by atoms with Gasteiger partial charge in [0.25, 0.3) is 16.8 Å². The van der Waals surface area contributed by atoms with Gasteiger partial charge in [0, 0.05) is 12.1 Å². The molecule has 2 aromatic carbocycles. The number of amides is 3. The Kier molecular flexibility index (Phi) is 7.71. The summed E-state index contributed by atoms with van der Waals surface area (Å²) < 4.78 is 12.1. The van der Waals surface area contributed by atoms with Crippen molar-refractivity contribution in [1.82, 2.24) is 4.90 Å². The van der Waals surface area contributed by atoms with Gasteiger partial charge in [-0.05, 0) is 76.1 Å². The number of non-ortho nitro benzene ring substituents is 1. The lowest BCUT2D eigenvalue weighted by molar-refractivity contribution is -0.384. The average Bonchev–Trinajstić information content (AvgIpc) is 3.00. The highest BCUT2D eigenvalue weighted by Gasteiger charge is 2.35. The summed E-state index contributed by atoms with van der Waals surface area (Å²) in [7, 11) is 0. The van der Waals surface area contributed by atoms with Crippen molar-refractivity contribution < 1.29 is 28.8 Å². The van der Waals surface area contributed by atoms with Crippen molar-refractivity contribution in [3.05, 3.63) is 67.0 Å². The molecule has 2 aromatic rings. The first-order chi connectivity index (χ1) is 15.7. The van der Waals surface area contributed by atoms with Crippen LogP contribution in [-0.4, -0.2) is 40.0 Å². The molecule has 0 aromatic heterocycles. The molecule has 172 valence electrons. The zero-order valence-corrected chi connectivity index (χ0v) is 19.7. The van der Waals surface area contributed by atoms with Crippen molar-refractivity contribution in [2.45, 2.75) is 13.5 Å². The van der Waals surface area contributed by atoms with Crippen LogP contribution in [0.15, 0.2) is 45.8 Å². The normalized spacial score (nSPS) is 14.6. The maximum atomic E-state index is 12.4. The van der Waals surface area contributed by atoms with Crippen molar-refractivity contribution in [1.29, 1.82) is 0 Å². The van der Waals surface area contributed by atoms with Gasteiger partial charge >= 0.3 is 0 Å². The second-order valence-electron chi connectivity index (χ2n) is 6.71. The minimum Gasteiger partial charge on any atom is -0.490 e. The van der Waals surface area contributed by atoms with Gasteiger partial charge in [0.05, 0.1) is 20.9 Å². The molecule has 0 aliphatic carbocycles. The summed E-state index contributed by atoms with van der Waals surface area (Å²) in [6.07, 6.45) is 1.51. The maximum Gasteiger partial charge on any atom is 0.294 e. The molecule has 0 radical (unpaired) electrons. The minimum atomic E-state index is -0.783. The fourth-order valence-electron chi connectivity index (χ4n) is 2.89. The van der Waals surface area contributed by atoms with E-state index in [1.807, 2.05) is 0 Å². The summed E-state index contributed by atoms with van der Waals surface area (Å²) in [4.78, 5) is 46.8. The zero-order valence-electron chi connectivity index (χ0n) is 17.3. The first-order valence-corrected chi connectivity index (χ1v) is 11.2. The molecule has 0 spiro atoms. The van der Waals surface area contributed by atoms with Gasteiger partial charge in [-0.15, -0.1) is 0 Å². The molecule has 0 unspecified atom stereocenters. The number of benzene rings is 2. The summed E-state index contributed by atoms with van der Waals surface area (Å²) in [6, 6.07) is 9.33. The van der Waals surface area contributed by atoms with Crippen LogP contribution in [0, 0.1) is 10.1 Å². The van der Waals surface area contributed by atoms with Gasteiger partial charge < -0.3 is 15.2 Å². The molecular formula is C21H18BrN3O7S.